The maximum Gasteiger partial charge on any atom is 0.407 e. The zero-order valence-corrected chi connectivity index (χ0v) is 17.0. The lowest BCUT2D eigenvalue weighted by Crippen LogP contribution is -2.40. The maximum absolute atomic E-state index is 11.9. The number of carboxylic acids is 1. The standard InChI is InChI=1S/C19H34N2O6/c1-12(7-9-20-13(2)22)6-8-19(16(24)25)11-14(10-15(19)23)21-17(26)27-18(3,4)5/h12,14-15,23H,6-11H2,1-5H3,(H,20,22)(H,21,26)(H,24,25)/t12-,14?,15?,19?/m0/s1. The van der Waals surface area contributed by atoms with E-state index in [1.54, 1.807) is 20.8 Å². The lowest BCUT2D eigenvalue weighted by Gasteiger charge is -2.29. The Morgan fingerprint density at radius 1 is 1.26 bits per heavy atom. The number of aliphatic hydroxyl groups excluding tert-OH is 1. The number of hydrogen-bond acceptors (Lipinski definition) is 5. The van der Waals surface area contributed by atoms with Gasteiger partial charge in [0.15, 0.2) is 0 Å². The third-order valence-electron chi connectivity index (χ3n) is 5.00. The Morgan fingerprint density at radius 2 is 1.89 bits per heavy atom. The van der Waals surface area contributed by atoms with Crippen molar-refractivity contribution in [2.24, 2.45) is 11.3 Å². The molecule has 8 nitrogen and oxygen atoms in total. The highest BCUT2D eigenvalue weighted by atomic mass is 16.6. The summed E-state index contributed by atoms with van der Waals surface area (Å²) in [5, 5.41) is 25.6. The van der Waals surface area contributed by atoms with Crippen molar-refractivity contribution in [2.75, 3.05) is 6.54 Å². The van der Waals surface area contributed by atoms with Crippen molar-refractivity contribution < 1.29 is 29.3 Å². The Balaban J connectivity index is 2.63. The van der Waals surface area contributed by atoms with Crippen molar-refractivity contribution in [1.82, 2.24) is 10.6 Å². The van der Waals surface area contributed by atoms with Crippen molar-refractivity contribution in [3.05, 3.63) is 0 Å². The number of hydrogen-bond donors (Lipinski definition) is 4. The molecular formula is C19H34N2O6. The largest absolute Gasteiger partial charge is 0.481 e. The average Bonchev–Trinajstić information content (AvgIpc) is 2.79. The highest BCUT2D eigenvalue weighted by Crippen LogP contribution is 2.43. The lowest BCUT2D eigenvalue weighted by atomic mass is 9.77. The molecule has 4 N–H and O–H groups in total. The number of amides is 2. The quantitative estimate of drug-likeness (QED) is 0.506. The molecule has 156 valence electrons. The van der Waals surface area contributed by atoms with Gasteiger partial charge in [0.1, 0.15) is 5.60 Å². The second-order valence-corrected chi connectivity index (χ2v) is 8.68. The number of rotatable bonds is 8. The van der Waals surface area contributed by atoms with E-state index in [4.69, 9.17) is 4.74 Å². The number of alkyl carbamates (subject to hydrolysis) is 1. The second kappa shape index (κ2) is 9.39. The summed E-state index contributed by atoms with van der Waals surface area (Å²) in [6, 6.07) is -0.444. The van der Waals surface area contributed by atoms with Crippen molar-refractivity contribution in [1.29, 1.82) is 0 Å². The van der Waals surface area contributed by atoms with E-state index >= 15 is 0 Å². The van der Waals surface area contributed by atoms with Crippen molar-refractivity contribution in [3.63, 3.8) is 0 Å². The monoisotopic (exact) mass is 386 g/mol. The van der Waals surface area contributed by atoms with Gasteiger partial charge in [0.2, 0.25) is 5.91 Å². The second-order valence-electron chi connectivity index (χ2n) is 8.68. The molecule has 0 radical (unpaired) electrons. The summed E-state index contributed by atoms with van der Waals surface area (Å²) in [5.41, 5.74) is -1.92. The van der Waals surface area contributed by atoms with Crippen LogP contribution in [0.3, 0.4) is 0 Å². The first-order valence-electron chi connectivity index (χ1n) is 9.51. The van der Waals surface area contributed by atoms with Crippen LogP contribution in [0, 0.1) is 11.3 Å². The Bertz CT molecular complexity index is 545. The fraction of sp³-hybridized carbons (Fsp3) is 0.842. The van der Waals surface area contributed by atoms with Crippen molar-refractivity contribution in [2.45, 2.75) is 84.5 Å². The molecule has 0 bridgehead atoms. The summed E-state index contributed by atoms with van der Waals surface area (Å²) in [5.74, 6) is -0.929. The van der Waals surface area contributed by atoms with Crippen LogP contribution in [-0.4, -0.2) is 52.5 Å². The molecule has 0 aromatic heterocycles. The zero-order chi connectivity index (χ0) is 20.8. The SMILES string of the molecule is CC(=O)NCC[C@@H](C)CCC1(C(=O)O)CC(NC(=O)OC(C)(C)C)CC1O. The number of carbonyl (C=O) groups excluding carboxylic acids is 2. The van der Waals surface area contributed by atoms with Crippen LogP contribution in [0.2, 0.25) is 0 Å². The molecule has 2 amide bonds. The van der Waals surface area contributed by atoms with Crippen LogP contribution >= 0.6 is 0 Å². The third-order valence-corrected chi connectivity index (χ3v) is 5.00. The fourth-order valence-corrected chi connectivity index (χ4v) is 3.49. The Labute approximate surface area is 161 Å². The first-order valence-corrected chi connectivity index (χ1v) is 9.51. The fourth-order valence-electron chi connectivity index (χ4n) is 3.49. The molecule has 3 unspecified atom stereocenters. The predicted molar refractivity (Wildman–Crippen MR) is 100 cm³/mol. The lowest BCUT2D eigenvalue weighted by molar-refractivity contribution is -0.155. The van der Waals surface area contributed by atoms with Crippen LogP contribution < -0.4 is 10.6 Å². The number of carbonyl (C=O) groups is 3. The summed E-state index contributed by atoms with van der Waals surface area (Å²) in [6.45, 7) is 9.24. The van der Waals surface area contributed by atoms with Gasteiger partial charge in [0.25, 0.3) is 0 Å². The molecule has 8 heteroatoms. The number of ether oxygens (including phenoxy) is 1. The first kappa shape index (κ1) is 23.2. The normalized spacial score (nSPS) is 26.3. The molecule has 0 spiro atoms. The van der Waals surface area contributed by atoms with E-state index in [1.807, 2.05) is 6.92 Å². The van der Waals surface area contributed by atoms with E-state index in [2.05, 4.69) is 10.6 Å². The minimum Gasteiger partial charge on any atom is -0.481 e. The topological polar surface area (TPSA) is 125 Å². The van der Waals surface area contributed by atoms with Crippen LogP contribution in [0.1, 0.15) is 66.7 Å². The van der Waals surface area contributed by atoms with E-state index in [-0.39, 0.29) is 24.7 Å². The number of aliphatic hydroxyl groups is 1. The zero-order valence-electron chi connectivity index (χ0n) is 17.0. The molecule has 0 aromatic carbocycles. The van der Waals surface area contributed by atoms with E-state index < -0.39 is 35.2 Å². The molecule has 0 heterocycles. The Hall–Kier alpha value is -1.83. The van der Waals surface area contributed by atoms with Gasteiger partial charge in [-0.3, -0.25) is 9.59 Å². The van der Waals surface area contributed by atoms with E-state index in [1.165, 1.54) is 6.92 Å². The molecule has 1 aliphatic rings. The van der Waals surface area contributed by atoms with Crippen LogP contribution in [0.15, 0.2) is 0 Å². The van der Waals surface area contributed by atoms with Crippen LogP contribution in [0.5, 0.6) is 0 Å². The summed E-state index contributed by atoms with van der Waals surface area (Å²) < 4.78 is 5.21. The third kappa shape index (κ3) is 7.36. The molecule has 1 rings (SSSR count). The first-order chi connectivity index (χ1) is 12.4. The minimum absolute atomic E-state index is 0.0912. The van der Waals surface area contributed by atoms with Gasteiger partial charge in [-0.1, -0.05) is 6.92 Å². The molecule has 4 atom stereocenters. The van der Waals surface area contributed by atoms with Crippen molar-refractivity contribution in [3.8, 4) is 0 Å². The van der Waals surface area contributed by atoms with Gasteiger partial charge in [-0.15, -0.1) is 0 Å². The van der Waals surface area contributed by atoms with Gasteiger partial charge in [0.05, 0.1) is 11.5 Å². The Morgan fingerprint density at radius 3 is 2.41 bits per heavy atom. The van der Waals surface area contributed by atoms with Gasteiger partial charge >= 0.3 is 12.1 Å². The van der Waals surface area contributed by atoms with Gasteiger partial charge in [-0.05, 0) is 58.8 Å². The van der Waals surface area contributed by atoms with Gasteiger partial charge in [-0.25, -0.2) is 4.79 Å². The van der Waals surface area contributed by atoms with Crippen LogP contribution in [0.4, 0.5) is 4.79 Å². The van der Waals surface area contributed by atoms with Crippen molar-refractivity contribution >= 4 is 18.0 Å². The Kier molecular flexibility index (Phi) is 8.07. The van der Waals surface area contributed by atoms with E-state index in [0.717, 1.165) is 6.42 Å². The average molecular weight is 386 g/mol. The number of carboxylic acid groups (broad SMARTS) is 1. The molecule has 0 saturated heterocycles. The molecular weight excluding hydrogens is 352 g/mol. The molecule has 0 aromatic rings. The smallest absolute Gasteiger partial charge is 0.407 e. The summed E-state index contributed by atoms with van der Waals surface area (Å²) in [4.78, 5) is 34.8. The number of aliphatic carboxylic acids is 1. The maximum atomic E-state index is 11.9. The molecule has 0 aliphatic heterocycles. The molecule has 1 aliphatic carbocycles. The predicted octanol–water partition coefficient (Wildman–Crippen LogP) is 2.05. The summed E-state index contributed by atoms with van der Waals surface area (Å²) in [7, 11) is 0. The minimum atomic E-state index is -1.28. The molecule has 27 heavy (non-hydrogen) atoms. The highest BCUT2D eigenvalue weighted by Gasteiger charge is 2.52. The van der Waals surface area contributed by atoms with E-state index in [0.29, 0.717) is 19.4 Å². The molecule has 1 saturated carbocycles. The number of nitrogens with one attached hydrogen (secondary N) is 2. The molecule has 1 fully saturated rings. The highest BCUT2D eigenvalue weighted by molar-refractivity contribution is 5.76. The summed E-state index contributed by atoms with van der Waals surface area (Å²) >= 11 is 0. The van der Waals surface area contributed by atoms with E-state index in [9.17, 15) is 24.6 Å². The van der Waals surface area contributed by atoms with Gasteiger partial charge in [-0.2, -0.15) is 0 Å². The van der Waals surface area contributed by atoms with Crippen LogP contribution in [-0.2, 0) is 14.3 Å². The van der Waals surface area contributed by atoms with Crippen LogP contribution in [0.25, 0.3) is 0 Å². The van der Waals surface area contributed by atoms with Gasteiger partial charge in [0, 0.05) is 19.5 Å². The summed E-state index contributed by atoms with van der Waals surface area (Å²) in [6.07, 6.45) is 0.388. The van der Waals surface area contributed by atoms with Gasteiger partial charge < -0.3 is 25.6 Å².